The van der Waals surface area contributed by atoms with Crippen LogP contribution in [0.15, 0.2) is 77.9 Å². The summed E-state index contributed by atoms with van der Waals surface area (Å²) in [5, 5.41) is 9.79. The molecular formula is C34H40N6O2. The minimum atomic E-state index is -0.143. The van der Waals surface area contributed by atoms with Gasteiger partial charge in [-0.15, -0.1) is 0 Å². The summed E-state index contributed by atoms with van der Waals surface area (Å²) in [7, 11) is 2.01. The number of carbonyl (C=O) groups is 2. The smallest absolute Gasteiger partial charge is 0.255 e. The average Bonchev–Trinajstić information content (AvgIpc) is 2.98. The van der Waals surface area contributed by atoms with E-state index in [1.807, 2.05) is 91.8 Å². The molecule has 2 aliphatic rings. The maximum absolute atomic E-state index is 13.1. The molecule has 0 aliphatic carbocycles. The van der Waals surface area contributed by atoms with Crippen LogP contribution in [-0.2, 0) is 5.41 Å². The lowest BCUT2D eigenvalue weighted by Crippen LogP contribution is -2.46. The Hall–Kier alpha value is -4.43. The Morgan fingerprint density at radius 2 is 1.57 bits per heavy atom. The highest BCUT2D eigenvalue weighted by molar-refractivity contribution is 6.05. The number of aliphatic imine (C=N–C) groups is 1. The molecule has 3 aromatic carbocycles. The third-order valence-corrected chi connectivity index (χ3v) is 7.69. The van der Waals surface area contributed by atoms with Gasteiger partial charge in [0.25, 0.3) is 11.8 Å². The van der Waals surface area contributed by atoms with E-state index in [2.05, 4.69) is 41.6 Å². The number of rotatable bonds is 5. The summed E-state index contributed by atoms with van der Waals surface area (Å²) >= 11 is 0. The highest BCUT2D eigenvalue weighted by atomic mass is 16.2. The van der Waals surface area contributed by atoms with Crippen LogP contribution in [0.1, 0.15) is 58.2 Å². The van der Waals surface area contributed by atoms with Crippen LogP contribution in [0.25, 0.3) is 5.70 Å². The third-order valence-electron chi connectivity index (χ3n) is 7.69. The number of piperazine rings is 1. The number of hydrogen-bond donors (Lipinski definition) is 3. The maximum atomic E-state index is 13.1. The molecule has 0 saturated carbocycles. The highest BCUT2D eigenvalue weighted by Crippen LogP contribution is 2.29. The molecule has 2 heterocycles. The van der Waals surface area contributed by atoms with Crippen molar-refractivity contribution in [1.82, 2.24) is 15.1 Å². The van der Waals surface area contributed by atoms with Gasteiger partial charge < -0.3 is 25.8 Å². The molecule has 0 radical (unpaired) electrons. The number of nitrogens with one attached hydrogen (secondary N) is 3. The summed E-state index contributed by atoms with van der Waals surface area (Å²) in [5.41, 5.74) is 6.84. The molecule has 5 rings (SSSR count). The molecule has 8 heteroatoms. The summed E-state index contributed by atoms with van der Waals surface area (Å²) in [5.74, 6) is 0.714. The van der Waals surface area contributed by atoms with Crippen molar-refractivity contribution in [3.8, 4) is 0 Å². The first-order chi connectivity index (χ1) is 20.1. The van der Waals surface area contributed by atoms with Gasteiger partial charge in [-0.25, -0.2) is 4.99 Å². The number of amides is 2. The van der Waals surface area contributed by atoms with E-state index in [-0.39, 0.29) is 17.2 Å². The monoisotopic (exact) mass is 564 g/mol. The van der Waals surface area contributed by atoms with Gasteiger partial charge in [0.2, 0.25) is 0 Å². The molecule has 3 aromatic rings. The van der Waals surface area contributed by atoms with Gasteiger partial charge >= 0.3 is 0 Å². The van der Waals surface area contributed by atoms with Gasteiger partial charge in [0, 0.05) is 67.5 Å². The van der Waals surface area contributed by atoms with E-state index in [1.54, 1.807) is 0 Å². The summed E-state index contributed by atoms with van der Waals surface area (Å²) in [6, 6.07) is 21.2. The number of hydrogen-bond acceptors (Lipinski definition) is 6. The second-order valence-corrected chi connectivity index (χ2v) is 12.0. The molecule has 0 aromatic heterocycles. The Kier molecular flexibility index (Phi) is 8.45. The van der Waals surface area contributed by atoms with Gasteiger partial charge in [0.15, 0.2) is 0 Å². The van der Waals surface area contributed by atoms with Crippen molar-refractivity contribution in [1.29, 1.82) is 0 Å². The SMILES string of the molecule is Cc1c(NC(=O)c2ccc(C(C)(C)C)cc2)cccc1C1=CN(C)CC(Nc2ccc(C(=O)N3CCNCC3)cc2)=N1. The lowest BCUT2D eigenvalue weighted by atomic mass is 9.86. The third kappa shape index (κ3) is 6.71. The predicted molar refractivity (Wildman–Crippen MR) is 171 cm³/mol. The Labute approximate surface area is 248 Å². The average molecular weight is 565 g/mol. The highest BCUT2D eigenvalue weighted by Gasteiger charge is 2.20. The normalized spacial score (nSPS) is 15.5. The molecule has 1 fully saturated rings. The summed E-state index contributed by atoms with van der Waals surface area (Å²) < 4.78 is 0. The summed E-state index contributed by atoms with van der Waals surface area (Å²) in [6.07, 6.45) is 2.01. The van der Waals surface area contributed by atoms with Crippen LogP contribution in [0.2, 0.25) is 0 Å². The zero-order valence-electron chi connectivity index (χ0n) is 25.1. The minimum absolute atomic E-state index is 0.0302. The number of benzene rings is 3. The second kappa shape index (κ2) is 12.2. The number of nitrogens with zero attached hydrogens (tertiary/aromatic N) is 3. The van der Waals surface area contributed by atoms with E-state index < -0.39 is 0 Å². The van der Waals surface area contributed by atoms with E-state index in [9.17, 15) is 9.59 Å². The van der Waals surface area contributed by atoms with E-state index in [4.69, 9.17) is 4.99 Å². The van der Waals surface area contributed by atoms with Gasteiger partial charge in [-0.2, -0.15) is 0 Å². The van der Waals surface area contributed by atoms with E-state index in [0.29, 0.717) is 17.7 Å². The van der Waals surface area contributed by atoms with Crippen molar-refractivity contribution in [2.75, 3.05) is 50.4 Å². The van der Waals surface area contributed by atoms with Crippen LogP contribution in [0.3, 0.4) is 0 Å². The molecule has 0 spiro atoms. The largest absolute Gasteiger partial charge is 0.371 e. The van der Waals surface area contributed by atoms with E-state index in [1.165, 1.54) is 5.56 Å². The Morgan fingerprint density at radius 3 is 2.24 bits per heavy atom. The molecule has 0 bridgehead atoms. The maximum Gasteiger partial charge on any atom is 0.255 e. The van der Waals surface area contributed by atoms with Crippen molar-refractivity contribution >= 4 is 34.7 Å². The molecule has 0 atom stereocenters. The van der Waals surface area contributed by atoms with E-state index in [0.717, 1.165) is 60.2 Å². The molecule has 0 unspecified atom stereocenters. The molecule has 8 nitrogen and oxygen atoms in total. The van der Waals surface area contributed by atoms with Crippen molar-refractivity contribution in [2.24, 2.45) is 4.99 Å². The van der Waals surface area contributed by atoms with Crippen molar-refractivity contribution in [2.45, 2.75) is 33.1 Å². The molecule has 42 heavy (non-hydrogen) atoms. The standard InChI is InChI=1S/C34H40N6O2/c1-23-28(7-6-8-29(23)38-32(41)24-9-13-26(14-10-24)34(2,3)4)30-21-39(5)22-31(37-30)36-27-15-11-25(12-16-27)33(42)40-19-17-35-18-20-40/h6-16,21,35H,17-20,22H2,1-5H3,(H,36,37)(H,38,41). The van der Waals surface area contributed by atoms with Gasteiger partial charge in [-0.3, -0.25) is 9.59 Å². The number of amidine groups is 1. The minimum Gasteiger partial charge on any atom is -0.371 e. The fourth-order valence-corrected chi connectivity index (χ4v) is 5.18. The summed E-state index contributed by atoms with van der Waals surface area (Å²) in [4.78, 5) is 34.8. The Morgan fingerprint density at radius 1 is 0.905 bits per heavy atom. The quantitative estimate of drug-likeness (QED) is 0.389. The zero-order valence-corrected chi connectivity index (χ0v) is 25.1. The van der Waals surface area contributed by atoms with Crippen LogP contribution >= 0.6 is 0 Å². The van der Waals surface area contributed by atoms with E-state index >= 15 is 0 Å². The molecule has 2 aliphatic heterocycles. The van der Waals surface area contributed by atoms with Gasteiger partial charge in [0.1, 0.15) is 5.84 Å². The van der Waals surface area contributed by atoms with Crippen LogP contribution in [0, 0.1) is 6.92 Å². The fraction of sp³-hybridized carbons (Fsp3) is 0.324. The van der Waals surface area contributed by atoms with Crippen LogP contribution < -0.4 is 16.0 Å². The zero-order chi connectivity index (χ0) is 29.9. The first-order valence-electron chi connectivity index (χ1n) is 14.5. The van der Waals surface area contributed by atoms with Crippen molar-refractivity contribution < 1.29 is 9.59 Å². The molecular weight excluding hydrogens is 524 g/mol. The van der Waals surface area contributed by atoms with Gasteiger partial charge in [-0.05, 0) is 65.9 Å². The molecule has 1 saturated heterocycles. The van der Waals surface area contributed by atoms with Crippen LogP contribution in [0.5, 0.6) is 0 Å². The van der Waals surface area contributed by atoms with Crippen molar-refractivity contribution in [3.05, 3.63) is 101 Å². The first-order valence-corrected chi connectivity index (χ1v) is 14.5. The fourth-order valence-electron chi connectivity index (χ4n) is 5.18. The Bertz CT molecular complexity index is 1510. The number of anilines is 2. The first kappa shape index (κ1) is 29.1. The lowest BCUT2D eigenvalue weighted by molar-refractivity contribution is 0.0735. The van der Waals surface area contributed by atoms with Crippen molar-refractivity contribution in [3.63, 3.8) is 0 Å². The summed E-state index contributed by atoms with van der Waals surface area (Å²) in [6.45, 7) is 12.2. The van der Waals surface area contributed by atoms with Gasteiger partial charge in [-0.1, -0.05) is 45.0 Å². The molecule has 3 N–H and O–H groups in total. The molecule has 218 valence electrons. The van der Waals surface area contributed by atoms with Crippen LogP contribution in [-0.4, -0.2) is 67.2 Å². The predicted octanol–water partition coefficient (Wildman–Crippen LogP) is 5.34. The van der Waals surface area contributed by atoms with Gasteiger partial charge in [0.05, 0.1) is 12.2 Å². The lowest BCUT2D eigenvalue weighted by Gasteiger charge is -2.27. The molecule has 2 amide bonds. The van der Waals surface area contributed by atoms with Crippen LogP contribution in [0.4, 0.5) is 11.4 Å². The number of likely N-dealkylation sites (N-methyl/N-ethyl adjacent to an activating group) is 1. The second-order valence-electron chi connectivity index (χ2n) is 12.0. The topological polar surface area (TPSA) is 89.1 Å². The Balaban J connectivity index is 1.29. The number of carbonyl (C=O) groups excluding carboxylic acids is 2.